The Bertz CT molecular complexity index is 286. The van der Waals surface area contributed by atoms with E-state index in [0.717, 1.165) is 16.4 Å². The Labute approximate surface area is 100.0 Å². The molecule has 0 radical (unpaired) electrons. The van der Waals surface area contributed by atoms with Crippen molar-refractivity contribution in [1.29, 1.82) is 0 Å². The highest BCUT2D eigenvalue weighted by Gasteiger charge is 2.08. The van der Waals surface area contributed by atoms with Gasteiger partial charge in [0, 0.05) is 6.54 Å². The summed E-state index contributed by atoms with van der Waals surface area (Å²) in [4.78, 5) is 1.09. The summed E-state index contributed by atoms with van der Waals surface area (Å²) in [5.74, 6) is 0.656. The van der Waals surface area contributed by atoms with Crippen molar-refractivity contribution in [3.05, 3.63) is 0 Å². The van der Waals surface area contributed by atoms with Crippen LogP contribution in [0.15, 0.2) is 4.90 Å². The van der Waals surface area contributed by atoms with Crippen LogP contribution in [0.25, 0.3) is 0 Å². The van der Waals surface area contributed by atoms with Crippen molar-refractivity contribution < 1.29 is 0 Å². The van der Waals surface area contributed by atoms with Crippen LogP contribution in [-0.4, -0.2) is 17.2 Å². The SMILES string of the molecule is CCCCCCNc1snc(N)c1SC. The van der Waals surface area contributed by atoms with E-state index in [-0.39, 0.29) is 0 Å². The Morgan fingerprint density at radius 2 is 2.20 bits per heavy atom. The van der Waals surface area contributed by atoms with Gasteiger partial charge >= 0.3 is 0 Å². The molecule has 1 aromatic heterocycles. The minimum absolute atomic E-state index is 0.656. The lowest BCUT2D eigenvalue weighted by atomic mass is 10.2. The van der Waals surface area contributed by atoms with Gasteiger partial charge < -0.3 is 11.1 Å². The maximum atomic E-state index is 5.74. The Morgan fingerprint density at radius 1 is 1.40 bits per heavy atom. The molecule has 0 fully saturated rings. The van der Waals surface area contributed by atoms with Gasteiger partial charge in [-0.05, 0) is 24.2 Å². The Kier molecular flexibility index (Phi) is 5.86. The fourth-order valence-electron chi connectivity index (χ4n) is 1.36. The average Bonchev–Trinajstić information content (AvgIpc) is 2.59. The number of hydrogen-bond donors (Lipinski definition) is 2. The molecular formula is C10H19N3S2. The summed E-state index contributed by atoms with van der Waals surface area (Å²) in [6.07, 6.45) is 7.15. The lowest BCUT2D eigenvalue weighted by Crippen LogP contribution is -2.00. The van der Waals surface area contributed by atoms with Crippen molar-refractivity contribution in [3.8, 4) is 0 Å². The van der Waals surface area contributed by atoms with E-state index >= 15 is 0 Å². The summed E-state index contributed by atoms with van der Waals surface area (Å²) < 4.78 is 4.14. The van der Waals surface area contributed by atoms with Crippen LogP contribution in [0.1, 0.15) is 32.6 Å². The molecule has 0 aromatic carbocycles. The standard InChI is InChI=1S/C10H19N3S2/c1-3-4-5-6-7-12-10-8(14-2)9(11)13-15-10/h12H,3-7H2,1-2H3,(H2,11,13). The molecule has 0 unspecified atom stereocenters. The molecule has 1 aromatic rings. The molecule has 0 aliphatic rings. The first-order chi connectivity index (χ1) is 7.29. The largest absolute Gasteiger partial charge is 0.382 e. The summed E-state index contributed by atoms with van der Waals surface area (Å²) in [7, 11) is 0. The minimum Gasteiger partial charge on any atom is -0.382 e. The minimum atomic E-state index is 0.656. The molecule has 3 N–H and O–H groups in total. The van der Waals surface area contributed by atoms with Crippen molar-refractivity contribution in [2.24, 2.45) is 0 Å². The molecule has 0 aliphatic heterocycles. The lowest BCUT2D eigenvalue weighted by molar-refractivity contribution is 0.685. The number of aromatic nitrogens is 1. The summed E-state index contributed by atoms with van der Waals surface area (Å²) in [6, 6.07) is 0. The third kappa shape index (κ3) is 3.91. The van der Waals surface area contributed by atoms with Crippen LogP contribution in [0.4, 0.5) is 10.8 Å². The first-order valence-electron chi connectivity index (χ1n) is 5.32. The van der Waals surface area contributed by atoms with Gasteiger partial charge in [-0.2, -0.15) is 4.37 Å². The zero-order valence-corrected chi connectivity index (χ0v) is 11.0. The zero-order valence-electron chi connectivity index (χ0n) is 9.38. The van der Waals surface area contributed by atoms with Crippen molar-refractivity contribution >= 4 is 34.1 Å². The summed E-state index contributed by atoms with van der Waals surface area (Å²) in [5.41, 5.74) is 5.74. The number of hydrogen-bond acceptors (Lipinski definition) is 5. The molecule has 0 amide bonds. The maximum Gasteiger partial charge on any atom is 0.153 e. The number of thioether (sulfide) groups is 1. The van der Waals surface area contributed by atoms with Gasteiger partial charge in [0.2, 0.25) is 0 Å². The number of rotatable bonds is 7. The number of anilines is 2. The van der Waals surface area contributed by atoms with Gasteiger partial charge in [-0.1, -0.05) is 26.2 Å². The van der Waals surface area contributed by atoms with E-state index in [4.69, 9.17) is 5.73 Å². The van der Waals surface area contributed by atoms with E-state index in [0.29, 0.717) is 5.82 Å². The fraction of sp³-hybridized carbons (Fsp3) is 0.700. The number of nitrogens with one attached hydrogen (secondary N) is 1. The van der Waals surface area contributed by atoms with Crippen LogP contribution >= 0.6 is 23.3 Å². The second kappa shape index (κ2) is 6.95. The predicted molar refractivity (Wildman–Crippen MR) is 70.9 cm³/mol. The van der Waals surface area contributed by atoms with Gasteiger partial charge in [0.1, 0.15) is 5.00 Å². The van der Waals surface area contributed by atoms with Gasteiger partial charge in [0.15, 0.2) is 5.82 Å². The molecule has 3 nitrogen and oxygen atoms in total. The van der Waals surface area contributed by atoms with E-state index < -0.39 is 0 Å². The van der Waals surface area contributed by atoms with Gasteiger partial charge in [0.25, 0.3) is 0 Å². The molecule has 1 heterocycles. The van der Waals surface area contributed by atoms with Crippen LogP contribution in [-0.2, 0) is 0 Å². The number of nitrogen functional groups attached to an aromatic ring is 1. The predicted octanol–water partition coefficient (Wildman–Crippen LogP) is 3.44. The molecule has 5 heteroatoms. The topological polar surface area (TPSA) is 50.9 Å². The zero-order chi connectivity index (χ0) is 11.1. The molecule has 0 atom stereocenters. The van der Waals surface area contributed by atoms with E-state index in [1.54, 1.807) is 11.8 Å². The first kappa shape index (κ1) is 12.6. The molecule has 1 rings (SSSR count). The molecule has 15 heavy (non-hydrogen) atoms. The molecule has 86 valence electrons. The van der Waals surface area contributed by atoms with E-state index in [1.165, 1.54) is 37.2 Å². The van der Waals surface area contributed by atoms with Gasteiger partial charge in [-0.3, -0.25) is 0 Å². The summed E-state index contributed by atoms with van der Waals surface area (Å²) in [6.45, 7) is 3.25. The van der Waals surface area contributed by atoms with Gasteiger partial charge in [-0.15, -0.1) is 11.8 Å². The van der Waals surface area contributed by atoms with Crippen LogP contribution in [0, 0.1) is 0 Å². The molecular weight excluding hydrogens is 226 g/mol. The van der Waals surface area contributed by atoms with Crippen molar-refractivity contribution in [2.75, 3.05) is 23.9 Å². The molecule has 0 saturated heterocycles. The summed E-state index contributed by atoms with van der Waals surface area (Å²) >= 11 is 3.12. The third-order valence-corrected chi connectivity index (χ3v) is 3.96. The maximum absolute atomic E-state index is 5.74. The van der Waals surface area contributed by atoms with Crippen LogP contribution in [0.3, 0.4) is 0 Å². The van der Waals surface area contributed by atoms with E-state index in [1.807, 2.05) is 6.26 Å². The van der Waals surface area contributed by atoms with Crippen LogP contribution in [0.5, 0.6) is 0 Å². The number of unbranched alkanes of at least 4 members (excludes halogenated alkanes) is 3. The van der Waals surface area contributed by atoms with Crippen molar-refractivity contribution in [1.82, 2.24) is 4.37 Å². The highest BCUT2D eigenvalue weighted by atomic mass is 32.2. The van der Waals surface area contributed by atoms with Gasteiger partial charge in [-0.25, -0.2) is 0 Å². The third-order valence-electron chi connectivity index (χ3n) is 2.19. The highest BCUT2D eigenvalue weighted by Crippen LogP contribution is 2.34. The van der Waals surface area contributed by atoms with Gasteiger partial charge in [0.05, 0.1) is 4.90 Å². The Hall–Kier alpha value is -0.420. The Morgan fingerprint density at radius 3 is 2.87 bits per heavy atom. The molecule has 0 aliphatic carbocycles. The van der Waals surface area contributed by atoms with Crippen LogP contribution in [0.2, 0.25) is 0 Å². The first-order valence-corrected chi connectivity index (χ1v) is 7.32. The van der Waals surface area contributed by atoms with E-state index in [2.05, 4.69) is 16.6 Å². The van der Waals surface area contributed by atoms with E-state index in [9.17, 15) is 0 Å². The Balaban J connectivity index is 2.30. The average molecular weight is 245 g/mol. The second-order valence-corrected chi connectivity index (χ2v) is 5.01. The molecule has 0 saturated carbocycles. The van der Waals surface area contributed by atoms with Crippen molar-refractivity contribution in [2.45, 2.75) is 37.5 Å². The van der Waals surface area contributed by atoms with Crippen molar-refractivity contribution in [3.63, 3.8) is 0 Å². The molecule has 0 spiro atoms. The summed E-state index contributed by atoms with van der Waals surface area (Å²) in [5, 5.41) is 4.52. The smallest absolute Gasteiger partial charge is 0.153 e. The van der Waals surface area contributed by atoms with Crippen LogP contribution < -0.4 is 11.1 Å². The second-order valence-electron chi connectivity index (χ2n) is 3.42. The monoisotopic (exact) mass is 245 g/mol. The lowest BCUT2D eigenvalue weighted by Gasteiger charge is -2.04. The normalized spacial score (nSPS) is 10.5. The number of nitrogens with two attached hydrogens (primary N) is 1. The highest BCUT2D eigenvalue weighted by molar-refractivity contribution is 7.99. The quantitative estimate of drug-likeness (QED) is 0.571. The number of nitrogens with zero attached hydrogens (tertiary/aromatic N) is 1. The molecule has 0 bridgehead atoms. The fourth-order valence-corrected chi connectivity index (χ4v) is 2.92.